The van der Waals surface area contributed by atoms with Crippen molar-refractivity contribution in [2.45, 2.75) is 155 Å². The van der Waals surface area contributed by atoms with E-state index in [4.69, 9.17) is 9.47 Å². The minimum absolute atomic E-state index is 0.210. The van der Waals surface area contributed by atoms with Crippen LogP contribution in [0.4, 0.5) is 0 Å². The molecule has 46 heavy (non-hydrogen) atoms. The first kappa shape index (κ1) is 43.6. The Kier molecular flexibility index (Phi) is 36.7. The molecule has 1 N–H and O–H groups in total. The van der Waals surface area contributed by atoms with Gasteiger partial charge in [0.2, 0.25) is 0 Å². The van der Waals surface area contributed by atoms with Crippen LogP contribution in [0.3, 0.4) is 0 Å². The van der Waals surface area contributed by atoms with E-state index >= 15 is 0 Å². The molecule has 1 atom stereocenters. The Labute approximate surface area is 284 Å². The van der Waals surface area contributed by atoms with Gasteiger partial charge in [-0.2, -0.15) is 0 Å². The molecule has 0 saturated heterocycles. The zero-order chi connectivity index (χ0) is 33.4. The Morgan fingerprint density at radius 1 is 0.543 bits per heavy atom. The molecule has 0 aromatic carbocycles. The molecular weight excluding hydrogens is 568 g/mol. The third kappa shape index (κ3) is 36.0. The van der Waals surface area contributed by atoms with Gasteiger partial charge in [-0.05, 0) is 77.0 Å². The van der Waals surface area contributed by atoms with Crippen LogP contribution in [-0.2, 0) is 14.3 Å². The first-order chi connectivity index (χ1) is 22.7. The number of hydrogen-bond acceptors (Lipinski definition) is 4. The maximum atomic E-state index is 12.1. The van der Waals surface area contributed by atoms with Crippen LogP contribution in [0.15, 0.2) is 85.1 Å². The summed E-state index contributed by atoms with van der Waals surface area (Å²) in [6.45, 7) is 4.98. The molecular formula is C42H70O4. The second-order valence-corrected chi connectivity index (χ2v) is 11.9. The van der Waals surface area contributed by atoms with E-state index in [1.54, 1.807) is 0 Å². The van der Waals surface area contributed by atoms with Crippen molar-refractivity contribution < 1.29 is 19.4 Å². The van der Waals surface area contributed by atoms with E-state index in [0.717, 1.165) is 64.2 Å². The summed E-state index contributed by atoms with van der Waals surface area (Å²) in [5.74, 6) is -0.237. The summed E-state index contributed by atoms with van der Waals surface area (Å²) in [5.41, 5.74) is 0. The molecule has 0 rings (SSSR count). The molecule has 0 aliphatic heterocycles. The average Bonchev–Trinajstić information content (AvgIpc) is 3.06. The quantitative estimate of drug-likeness (QED) is 0.0441. The lowest BCUT2D eigenvalue weighted by Crippen LogP contribution is -2.27. The molecule has 0 heterocycles. The number of hydrogen-bond donors (Lipinski definition) is 1. The summed E-state index contributed by atoms with van der Waals surface area (Å²) in [6.07, 6.45) is 53.5. The molecule has 0 aliphatic carbocycles. The van der Waals surface area contributed by atoms with Gasteiger partial charge in [0.05, 0.1) is 19.8 Å². The fourth-order valence-corrected chi connectivity index (χ4v) is 4.71. The molecule has 0 fully saturated rings. The van der Waals surface area contributed by atoms with Crippen LogP contribution in [-0.4, -0.2) is 37.0 Å². The summed E-state index contributed by atoms with van der Waals surface area (Å²) in [5, 5.41) is 9.55. The van der Waals surface area contributed by atoms with Gasteiger partial charge in [-0.25, -0.2) is 0 Å². The molecule has 0 bridgehead atoms. The smallest absolute Gasteiger partial charge is 0.306 e. The van der Waals surface area contributed by atoms with Crippen LogP contribution in [0.25, 0.3) is 0 Å². The zero-order valence-corrected chi connectivity index (χ0v) is 29.8. The number of esters is 1. The molecule has 0 saturated carbocycles. The zero-order valence-electron chi connectivity index (χ0n) is 29.8. The van der Waals surface area contributed by atoms with Crippen molar-refractivity contribution in [3.05, 3.63) is 85.1 Å². The first-order valence-corrected chi connectivity index (χ1v) is 18.7. The van der Waals surface area contributed by atoms with Gasteiger partial charge in [-0.1, -0.05) is 150 Å². The van der Waals surface area contributed by atoms with Crippen LogP contribution in [0.2, 0.25) is 0 Å². The largest absolute Gasteiger partial charge is 0.457 e. The second kappa shape index (κ2) is 38.8. The van der Waals surface area contributed by atoms with Gasteiger partial charge in [-0.3, -0.25) is 4.79 Å². The van der Waals surface area contributed by atoms with E-state index < -0.39 is 6.10 Å². The lowest BCUT2D eigenvalue weighted by molar-refractivity contribution is -0.154. The number of aliphatic hydroxyl groups excluding tert-OH is 1. The molecule has 0 radical (unpaired) electrons. The van der Waals surface area contributed by atoms with E-state index in [9.17, 15) is 9.90 Å². The Morgan fingerprint density at radius 2 is 0.978 bits per heavy atom. The summed E-state index contributed by atoms with van der Waals surface area (Å²) in [4.78, 5) is 12.1. The average molecular weight is 639 g/mol. The molecule has 1 unspecified atom stereocenters. The van der Waals surface area contributed by atoms with Crippen molar-refractivity contribution in [1.29, 1.82) is 0 Å². The minimum atomic E-state index is -0.582. The Morgan fingerprint density at radius 3 is 1.48 bits per heavy atom. The second-order valence-electron chi connectivity index (χ2n) is 11.9. The Bertz CT molecular complexity index is 846. The van der Waals surface area contributed by atoms with Crippen LogP contribution in [0.5, 0.6) is 0 Å². The predicted octanol–water partition coefficient (Wildman–Crippen LogP) is 12.0. The van der Waals surface area contributed by atoms with Gasteiger partial charge in [-0.15, -0.1) is 0 Å². The third-order valence-electron chi connectivity index (χ3n) is 7.47. The molecule has 4 nitrogen and oxygen atoms in total. The maximum Gasteiger partial charge on any atom is 0.306 e. The third-order valence-corrected chi connectivity index (χ3v) is 7.47. The van der Waals surface area contributed by atoms with Crippen molar-refractivity contribution >= 4 is 5.97 Å². The van der Waals surface area contributed by atoms with Gasteiger partial charge < -0.3 is 14.6 Å². The maximum absolute atomic E-state index is 12.1. The van der Waals surface area contributed by atoms with E-state index in [1.807, 2.05) is 0 Å². The monoisotopic (exact) mass is 639 g/mol. The highest BCUT2D eigenvalue weighted by Crippen LogP contribution is 2.11. The molecule has 0 spiro atoms. The number of allylic oxidation sites excluding steroid dienone is 13. The normalized spacial score (nSPS) is 13.4. The minimum Gasteiger partial charge on any atom is -0.457 e. The lowest BCUT2D eigenvalue weighted by Gasteiger charge is -2.15. The van der Waals surface area contributed by atoms with E-state index in [1.165, 1.54) is 64.2 Å². The summed E-state index contributed by atoms with van der Waals surface area (Å²) in [6, 6.07) is 0. The fourth-order valence-electron chi connectivity index (χ4n) is 4.71. The standard InChI is InChI=1S/C42H70O4/c1-3-5-7-9-11-13-15-17-19-21-22-23-25-27-29-31-33-35-37-42(44)46-41(39-43)40-45-38-36-34-32-30-28-26-24-20-18-16-14-12-10-8-6-4-2/h6,8,12-15,18-21,26,28,32,34,41,43H,3-5,7,9-11,16-17,22-25,27,29-31,33,35-40H2,1-2H3/b8-6-,14-12-,15-13-,20-18-,21-19-,28-26-,34-32-. The van der Waals surface area contributed by atoms with E-state index in [0.29, 0.717) is 13.0 Å². The van der Waals surface area contributed by atoms with Crippen LogP contribution in [0, 0.1) is 0 Å². The number of ether oxygens (including phenoxy) is 2. The van der Waals surface area contributed by atoms with Crippen LogP contribution >= 0.6 is 0 Å². The molecule has 0 aromatic rings. The number of aliphatic hydroxyl groups is 1. The lowest BCUT2D eigenvalue weighted by atomic mass is 10.1. The molecule has 0 aromatic heterocycles. The topological polar surface area (TPSA) is 55.8 Å². The van der Waals surface area contributed by atoms with E-state index in [-0.39, 0.29) is 19.2 Å². The highest BCUT2D eigenvalue weighted by atomic mass is 16.6. The van der Waals surface area contributed by atoms with Crippen molar-refractivity contribution in [2.75, 3.05) is 19.8 Å². The Hall–Kier alpha value is -2.43. The summed E-state index contributed by atoms with van der Waals surface area (Å²) < 4.78 is 11.0. The Balaban J connectivity index is 3.61. The summed E-state index contributed by atoms with van der Waals surface area (Å²) >= 11 is 0. The molecule has 262 valence electrons. The number of unbranched alkanes of at least 4 members (excludes halogenated alkanes) is 11. The van der Waals surface area contributed by atoms with Crippen molar-refractivity contribution in [3.8, 4) is 0 Å². The van der Waals surface area contributed by atoms with Crippen molar-refractivity contribution in [2.24, 2.45) is 0 Å². The molecule has 0 aliphatic rings. The first-order valence-electron chi connectivity index (χ1n) is 18.7. The number of rotatable bonds is 33. The number of carbonyl (C=O) groups is 1. The number of carbonyl (C=O) groups excluding carboxylic acids is 1. The van der Waals surface area contributed by atoms with Gasteiger partial charge in [0, 0.05) is 6.42 Å². The highest BCUT2D eigenvalue weighted by Gasteiger charge is 2.13. The summed E-state index contributed by atoms with van der Waals surface area (Å²) in [7, 11) is 0. The molecule has 4 heteroatoms. The van der Waals surface area contributed by atoms with Gasteiger partial charge in [0.25, 0.3) is 0 Å². The van der Waals surface area contributed by atoms with Crippen molar-refractivity contribution in [1.82, 2.24) is 0 Å². The van der Waals surface area contributed by atoms with Crippen LogP contribution in [0.1, 0.15) is 149 Å². The van der Waals surface area contributed by atoms with Gasteiger partial charge in [0.1, 0.15) is 6.10 Å². The van der Waals surface area contributed by atoms with Crippen molar-refractivity contribution in [3.63, 3.8) is 0 Å². The van der Waals surface area contributed by atoms with E-state index in [2.05, 4.69) is 98.9 Å². The SMILES string of the molecule is CC/C=C\C/C=C\C/C=C\C/C=C\C/C=C\CCOCC(CO)OC(=O)CCCCCCCCC/C=C\C/C=C\CCCCCC. The van der Waals surface area contributed by atoms with Crippen LogP contribution < -0.4 is 0 Å². The highest BCUT2D eigenvalue weighted by molar-refractivity contribution is 5.69. The van der Waals surface area contributed by atoms with Gasteiger partial charge >= 0.3 is 5.97 Å². The predicted molar refractivity (Wildman–Crippen MR) is 200 cm³/mol. The van der Waals surface area contributed by atoms with Gasteiger partial charge in [0.15, 0.2) is 0 Å². The fraction of sp³-hybridized carbons (Fsp3) is 0.643. The molecule has 0 amide bonds.